The van der Waals surface area contributed by atoms with Crippen LogP contribution in [0, 0.1) is 0 Å². The number of anilines is 1. The molecule has 36 heavy (non-hydrogen) atoms. The van der Waals surface area contributed by atoms with Crippen molar-refractivity contribution in [2.45, 2.75) is 30.5 Å². The maximum absolute atomic E-state index is 12.8. The first-order chi connectivity index (χ1) is 17.3. The number of alkyl halides is 3. The van der Waals surface area contributed by atoms with Gasteiger partial charge in [0.05, 0.1) is 43.7 Å². The molecular formula is C25H23F3N4O4. The van der Waals surface area contributed by atoms with Crippen molar-refractivity contribution in [3.63, 3.8) is 0 Å². The Hall–Kier alpha value is -3.70. The summed E-state index contributed by atoms with van der Waals surface area (Å²) in [6.07, 6.45) is -3.56. The number of benzene rings is 2. The number of methoxy groups -OCH3 is 1. The molecule has 1 aromatic heterocycles. The molecule has 3 heterocycles. The number of rotatable bonds is 6. The van der Waals surface area contributed by atoms with E-state index in [0.717, 1.165) is 41.3 Å². The molecule has 0 spiro atoms. The highest BCUT2D eigenvalue weighted by Gasteiger charge is 2.48. The molecule has 2 fully saturated rings. The van der Waals surface area contributed by atoms with Gasteiger partial charge in [-0.1, -0.05) is 0 Å². The second kappa shape index (κ2) is 9.75. The zero-order chi connectivity index (χ0) is 25.3. The second-order valence-electron chi connectivity index (χ2n) is 8.50. The molecule has 188 valence electrons. The van der Waals surface area contributed by atoms with Gasteiger partial charge in [0, 0.05) is 17.3 Å². The Morgan fingerprint density at radius 3 is 2.31 bits per heavy atom. The van der Waals surface area contributed by atoms with Gasteiger partial charge in [-0.2, -0.15) is 13.2 Å². The molecule has 2 aromatic carbocycles. The summed E-state index contributed by atoms with van der Waals surface area (Å²) in [7, 11) is 1.61. The van der Waals surface area contributed by atoms with Gasteiger partial charge in [-0.05, 0) is 54.6 Å². The van der Waals surface area contributed by atoms with Crippen molar-refractivity contribution in [1.82, 2.24) is 15.3 Å². The maximum Gasteiger partial charge on any atom is 0.416 e. The van der Waals surface area contributed by atoms with Crippen molar-refractivity contribution >= 4 is 11.9 Å². The number of amides is 1. The molecule has 2 aliphatic rings. The standard InChI is InChI=1S/C25H23F3N4O4/c1-34-17-8-4-14(5-9-17)18-10-11-29-24(31-18)32-20-13-36-21-19(12-35-22(20)21)30-23(33)15-2-6-16(7-3-15)25(26,27)28/h2-11,19-22H,12-13H2,1H3,(H,30,33)(H,29,31,32)/t19-,20+,21-,22+/m0/s1. The SMILES string of the molecule is COc1ccc(-c2ccnc(N[C@@H]3CO[C@@H]4[C@@H]3OC[C@@H]4NC(=O)c3ccc(C(F)(F)F)cc3)n2)cc1. The van der Waals surface area contributed by atoms with Crippen molar-refractivity contribution in [3.8, 4) is 17.0 Å². The third kappa shape index (κ3) is 4.98. The fraction of sp³-hybridized carbons (Fsp3) is 0.320. The van der Waals surface area contributed by atoms with E-state index in [2.05, 4.69) is 20.6 Å². The fourth-order valence-electron chi connectivity index (χ4n) is 4.33. The van der Waals surface area contributed by atoms with Gasteiger partial charge in [0.25, 0.3) is 5.91 Å². The number of nitrogens with one attached hydrogen (secondary N) is 2. The van der Waals surface area contributed by atoms with E-state index in [1.807, 2.05) is 24.3 Å². The van der Waals surface area contributed by atoms with E-state index in [1.54, 1.807) is 19.4 Å². The first kappa shape index (κ1) is 24.0. The zero-order valence-electron chi connectivity index (χ0n) is 19.2. The number of aromatic nitrogens is 2. The monoisotopic (exact) mass is 500 g/mol. The van der Waals surface area contributed by atoms with E-state index in [9.17, 15) is 18.0 Å². The summed E-state index contributed by atoms with van der Waals surface area (Å²) >= 11 is 0. The van der Waals surface area contributed by atoms with Gasteiger partial charge in [0.2, 0.25) is 5.95 Å². The number of ether oxygens (including phenoxy) is 3. The molecule has 0 radical (unpaired) electrons. The third-order valence-electron chi connectivity index (χ3n) is 6.20. The molecule has 0 saturated carbocycles. The molecule has 5 rings (SSSR count). The first-order valence-corrected chi connectivity index (χ1v) is 11.3. The largest absolute Gasteiger partial charge is 0.497 e. The predicted molar refractivity (Wildman–Crippen MR) is 124 cm³/mol. The topological polar surface area (TPSA) is 94.6 Å². The molecule has 1 amide bonds. The Balaban J connectivity index is 1.21. The van der Waals surface area contributed by atoms with Gasteiger partial charge < -0.3 is 24.8 Å². The lowest BCUT2D eigenvalue weighted by Gasteiger charge is -2.18. The number of hydrogen-bond donors (Lipinski definition) is 2. The summed E-state index contributed by atoms with van der Waals surface area (Å²) in [5.41, 5.74) is 0.960. The minimum absolute atomic E-state index is 0.128. The van der Waals surface area contributed by atoms with Crippen LogP contribution < -0.4 is 15.4 Å². The maximum atomic E-state index is 12.8. The Morgan fingerprint density at radius 2 is 1.64 bits per heavy atom. The number of nitrogens with zero attached hydrogens (tertiary/aromatic N) is 2. The minimum atomic E-state index is -4.46. The summed E-state index contributed by atoms with van der Waals surface area (Å²) in [6.45, 7) is 0.532. The van der Waals surface area contributed by atoms with Crippen LogP contribution in [-0.4, -0.2) is 60.5 Å². The van der Waals surface area contributed by atoms with Crippen LogP contribution in [0.25, 0.3) is 11.3 Å². The fourth-order valence-corrected chi connectivity index (χ4v) is 4.33. The molecule has 0 unspecified atom stereocenters. The normalized spacial score (nSPS) is 23.2. The lowest BCUT2D eigenvalue weighted by Crippen LogP contribution is -2.44. The lowest BCUT2D eigenvalue weighted by atomic mass is 10.1. The van der Waals surface area contributed by atoms with Gasteiger partial charge >= 0.3 is 6.18 Å². The van der Waals surface area contributed by atoms with Crippen LogP contribution in [0.4, 0.5) is 19.1 Å². The van der Waals surface area contributed by atoms with Crippen LogP contribution in [0.1, 0.15) is 15.9 Å². The van der Waals surface area contributed by atoms with Crippen LogP contribution in [0.2, 0.25) is 0 Å². The van der Waals surface area contributed by atoms with Crippen molar-refractivity contribution in [2.75, 3.05) is 25.6 Å². The predicted octanol–water partition coefficient (Wildman–Crippen LogP) is 3.55. The Bertz CT molecular complexity index is 1220. The number of hydrogen-bond acceptors (Lipinski definition) is 7. The molecule has 2 saturated heterocycles. The van der Waals surface area contributed by atoms with Gasteiger partial charge in [-0.3, -0.25) is 4.79 Å². The Kier molecular flexibility index (Phi) is 6.50. The van der Waals surface area contributed by atoms with Crippen molar-refractivity contribution < 1.29 is 32.2 Å². The van der Waals surface area contributed by atoms with Gasteiger partial charge in [0.1, 0.15) is 18.0 Å². The lowest BCUT2D eigenvalue weighted by molar-refractivity contribution is -0.137. The first-order valence-electron chi connectivity index (χ1n) is 11.3. The second-order valence-corrected chi connectivity index (χ2v) is 8.50. The van der Waals surface area contributed by atoms with Crippen LogP contribution in [-0.2, 0) is 15.7 Å². The highest BCUT2D eigenvalue weighted by Crippen LogP contribution is 2.31. The highest BCUT2D eigenvalue weighted by molar-refractivity contribution is 5.94. The molecule has 11 heteroatoms. The summed E-state index contributed by atoms with van der Waals surface area (Å²) < 4.78 is 55.3. The molecule has 8 nitrogen and oxygen atoms in total. The van der Waals surface area contributed by atoms with Crippen LogP contribution in [0.5, 0.6) is 5.75 Å². The van der Waals surface area contributed by atoms with Crippen LogP contribution in [0.15, 0.2) is 60.8 Å². The smallest absolute Gasteiger partial charge is 0.416 e. The van der Waals surface area contributed by atoms with Gasteiger partial charge in [0.15, 0.2) is 0 Å². The third-order valence-corrected chi connectivity index (χ3v) is 6.20. The van der Waals surface area contributed by atoms with E-state index in [-0.39, 0.29) is 24.3 Å². The summed E-state index contributed by atoms with van der Waals surface area (Å²) in [6, 6.07) is 12.7. The Labute approximate surface area is 204 Å². The number of carbonyl (C=O) groups excluding carboxylic acids is 1. The van der Waals surface area contributed by atoms with E-state index in [4.69, 9.17) is 14.2 Å². The quantitative estimate of drug-likeness (QED) is 0.535. The summed E-state index contributed by atoms with van der Waals surface area (Å²) in [5, 5.41) is 6.06. The van der Waals surface area contributed by atoms with Gasteiger partial charge in [-0.15, -0.1) is 0 Å². The van der Waals surface area contributed by atoms with Crippen molar-refractivity contribution in [3.05, 3.63) is 71.9 Å². The highest BCUT2D eigenvalue weighted by atomic mass is 19.4. The molecule has 2 N–H and O–H groups in total. The van der Waals surface area contributed by atoms with E-state index in [1.165, 1.54) is 0 Å². The average molecular weight is 500 g/mol. The van der Waals surface area contributed by atoms with E-state index in [0.29, 0.717) is 12.6 Å². The molecule has 0 bridgehead atoms. The number of carbonyl (C=O) groups is 1. The summed E-state index contributed by atoms with van der Waals surface area (Å²) in [5.74, 6) is 0.672. The average Bonchev–Trinajstić information content (AvgIpc) is 3.47. The molecular weight excluding hydrogens is 477 g/mol. The van der Waals surface area contributed by atoms with Crippen molar-refractivity contribution in [1.29, 1.82) is 0 Å². The zero-order valence-corrected chi connectivity index (χ0v) is 19.2. The van der Waals surface area contributed by atoms with Crippen LogP contribution >= 0.6 is 0 Å². The van der Waals surface area contributed by atoms with E-state index < -0.39 is 29.8 Å². The molecule has 4 atom stereocenters. The van der Waals surface area contributed by atoms with Crippen molar-refractivity contribution in [2.24, 2.45) is 0 Å². The molecule has 3 aromatic rings. The molecule has 0 aliphatic carbocycles. The summed E-state index contributed by atoms with van der Waals surface area (Å²) in [4.78, 5) is 21.5. The molecule has 2 aliphatic heterocycles. The Morgan fingerprint density at radius 1 is 0.972 bits per heavy atom. The number of fused-ring (bicyclic) bond motifs is 1. The van der Waals surface area contributed by atoms with Crippen LogP contribution in [0.3, 0.4) is 0 Å². The minimum Gasteiger partial charge on any atom is -0.497 e. The number of halogens is 3. The van der Waals surface area contributed by atoms with E-state index >= 15 is 0 Å². The van der Waals surface area contributed by atoms with Gasteiger partial charge in [-0.25, -0.2) is 9.97 Å².